The van der Waals surface area contributed by atoms with Crippen molar-refractivity contribution in [3.63, 3.8) is 0 Å². The van der Waals surface area contributed by atoms with Gasteiger partial charge >= 0.3 is 0 Å². The molecule has 2 aromatic rings. The lowest BCUT2D eigenvalue weighted by molar-refractivity contribution is 0.482. The summed E-state index contributed by atoms with van der Waals surface area (Å²) in [6.07, 6.45) is 5.44. The first-order valence-corrected chi connectivity index (χ1v) is 9.05. The summed E-state index contributed by atoms with van der Waals surface area (Å²) in [6.45, 7) is 4.01. The third kappa shape index (κ3) is 6.00. The van der Waals surface area contributed by atoms with E-state index in [1.807, 2.05) is 19.1 Å². The lowest BCUT2D eigenvalue weighted by Crippen LogP contribution is -1.88. The maximum Gasteiger partial charge on any atom is 0.161 e. The van der Waals surface area contributed by atoms with Gasteiger partial charge in [-0.1, -0.05) is 38.8 Å². The van der Waals surface area contributed by atoms with E-state index >= 15 is 0 Å². The minimum atomic E-state index is -0.787. The van der Waals surface area contributed by atoms with Gasteiger partial charge in [0.1, 0.15) is 17.3 Å². The first-order valence-electron chi connectivity index (χ1n) is 9.05. The second-order valence-corrected chi connectivity index (χ2v) is 6.20. The number of benzene rings is 2. The minimum Gasteiger partial charge on any atom is -0.457 e. The Morgan fingerprint density at radius 1 is 0.800 bits per heavy atom. The summed E-state index contributed by atoms with van der Waals surface area (Å²) in [4.78, 5) is 0. The lowest BCUT2D eigenvalue weighted by Gasteiger charge is -2.08. The number of unbranched alkanes of at least 4 members (excludes halogenated alkanes) is 2. The predicted octanol–water partition coefficient (Wildman–Crippen LogP) is 7.62. The summed E-state index contributed by atoms with van der Waals surface area (Å²) >= 11 is 0. The summed E-state index contributed by atoms with van der Waals surface area (Å²) in [5.41, 5.74) is 1.54. The maximum atomic E-state index is 13.9. The normalized spacial score (nSPS) is 12.0. The standard InChI is InChI=1S/C22H26F2O/c1-3-5-6-8-17-9-13-19(14-10-17)25-20-15-11-18(12-16-20)22(24)21(23)7-4-2/h9-16H,3-8H2,1-2H3/b22-21+. The Balaban J connectivity index is 1.98. The van der Waals surface area contributed by atoms with Crippen LogP contribution in [0.25, 0.3) is 5.83 Å². The monoisotopic (exact) mass is 344 g/mol. The molecule has 2 rings (SSSR count). The van der Waals surface area contributed by atoms with Gasteiger partial charge in [0.2, 0.25) is 0 Å². The van der Waals surface area contributed by atoms with E-state index in [2.05, 4.69) is 19.1 Å². The summed E-state index contributed by atoms with van der Waals surface area (Å²) in [6, 6.07) is 14.4. The molecule has 3 heteroatoms. The van der Waals surface area contributed by atoms with Crippen molar-refractivity contribution in [2.24, 2.45) is 0 Å². The SMILES string of the molecule is CCCCCc1ccc(Oc2ccc(/C(F)=C(\F)CCC)cc2)cc1. The zero-order valence-electron chi connectivity index (χ0n) is 15.0. The Hall–Kier alpha value is -2.16. The van der Waals surface area contributed by atoms with Crippen molar-refractivity contribution in [3.8, 4) is 11.5 Å². The second-order valence-electron chi connectivity index (χ2n) is 6.20. The molecule has 0 radical (unpaired) electrons. The Labute approximate surface area is 149 Å². The summed E-state index contributed by atoms with van der Waals surface area (Å²) in [7, 11) is 0. The molecule has 25 heavy (non-hydrogen) atoms. The zero-order valence-corrected chi connectivity index (χ0v) is 15.0. The van der Waals surface area contributed by atoms with Gasteiger partial charge in [-0.05, 0) is 61.2 Å². The number of rotatable bonds is 9. The Morgan fingerprint density at radius 3 is 1.96 bits per heavy atom. The Kier molecular flexibility index (Phi) is 7.65. The molecule has 0 spiro atoms. The van der Waals surface area contributed by atoms with E-state index < -0.39 is 11.7 Å². The summed E-state index contributed by atoms with van der Waals surface area (Å²) < 4.78 is 33.2. The highest BCUT2D eigenvalue weighted by Crippen LogP contribution is 2.28. The van der Waals surface area contributed by atoms with Crippen molar-refractivity contribution in [3.05, 3.63) is 65.5 Å². The second kappa shape index (κ2) is 9.97. The van der Waals surface area contributed by atoms with E-state index in [0.717, 1.165) is 12.2 Å². The highest BCUT2D eigenvalue weighted by atomic mass is 19.2. The van der Waals surface area contributed by atoms with Crippen LogP contribution < -0.4 is 4.74 Å². The van der Waals surface area contributed by atoms with Gasteiger partial charge in [0.15, 0.2) is 5.83 Å². The van der Waals surface area contributed by atoms with Crippen molar-refractivity contribution >= 4 is 5.83 Å². The zero-order chi connectivity index (χ0) is 18.1. The fourth-order valence-electron chi connectivity index (χ4n) is 2.59. The van der Waals surface area contributed by atoms with Crippen LogP contribution in [0.15, 0.2) is 54.4 Å². The summed E-state index contributed by atoms with van der Waals surface area (Å²) in [5.74, 6) is -0.147. The van der Waals surface area contributed by atoms with Crippen LogP contribution >= 0.6 is 0 Å². The average Bonchev–Trinajstić information content (AvgIpc) is 2.63. The van der Waals surface area contributed by atoms with Gasteiger partial charge in [-0.3, -0.25) is 0 Å². The van der Waals surface area contributed by atoms with Gasteiger partial charge in [-0.25, -0.2) is 8.78 Å². The van der Waals surface area contributed by atoms with Crippen molar-refractivity contribution in [2.45, 2.75) is 52.4 Å². The molecule has 0 aliphatic heterocycles. The molecule has 0 aromatic heterocycles. The van der Waals surface area contributed by atoms with Crippen molar-refractivity contribution in [1.29, 1.82) is 0 Å². The van der Waals surface area contributed by atoms with E-state index in [-0.39, 0.29) is 12.0 Å². The summed E-state index contributed by atoms with van der Waals surface area (Å²) in [5, 5.41) is 0. The molecular formula is C22H26F2O. The number of halogens is 2. The van der Waals surface area contributed by atoms with Crippen LogP contribution in [0, 0.1) is 0 Å². The van der Waals surface area contributed by atoms with Crippen molar-refractivity contribution in [2.75, 3.05) is 0 Å². The van der Waals surface area contributed by atoms with E-state index in [0.29, 0.717) is 12.2 Å². The smallest absolute Gasteiger partial charge is 0.161 e. The molecule has 0 bridgehead atoms. The highest BCUT2D eigenvalue weighted by molar-refractivity contribution is 5.61. The lowest BCUT2D eigenvalue weighted by atomic mass is 10.1. The Morgan fingerprint density at radius 2 is 1.40 bits per heavy atom. The van der Waals surface area contributed by atoms with Crippen LogP contribution in [-0.2, 0) is 6.42 Å². The number of hydrogen-bond acceptors (Lipinski definition) is 1. The van der Waals surface area contributed by atoms with Crippen molar-refractivity contribution in [1.82, 2.24) is 0 Å². The van der Waals surface area contributed by atoms with E-state index in [1.165, 1.54) is 24.8 Å². The van der Waals surface area contributed by atoms with Crippen LogP contribution in [-0.4, -0.2) is 0 Å². The molecule has 0 atom stereocenters. The third-order valence-corrected chi connectivity index (χ3v) is 4.04. The number of hydrogen-bond donors (Lipinski definition) is 0. The fourth-order valence-corrected chi connectivity index (χ4v) is 2.59. The first-order chi connectivity index (χ1) is 12.1. The molecule has 0 N–H and O–H groups in total. The fraction of sp³-hybridized carbons (Fsp3) is 0.364. The molecule has 2 aromatic carbocycles. The van der Waals surface area contributed by atoms with Crippen molar-refractivity contribution < 1.29 is 13.5 Å². The maximum absolute atomic E-state index is 13.9. The quantitative estimate of drug-likeness (QED) is 0.425. The largest absolute Gasteiger partial charge is 0.457 e. The molecule has 0 aliphatic rings. The topological polar surface area (TPSA) is 9.23 Å². The van der Waals surface area contributed by atoms with E-state index in [4.69, 9.17) is 4.74 Å². The molecule has 134 valence electrons. The van der Waals surface area contributed by atoms with Gasteiger partial charge in [0, 0.05) is 12.0 Å². The van der Waals surface area contributed by atoms with Gasteiger partial charge in [-0.15, -0.1) is 0 Å². The van der Waals surface area contributed by atoms with Crippen LogP contribution in [0.5, 0.6) is 11.5 Å². The predicted molar refractivity (Wildman–Crippen MR) is 100 cm³/mol. The molecular weight excluding hydrogens is 318 g/mol. The minimum absolute atomic E-state index is 0.120. The number of aryl methyl sites for hydroxylation is 1. The van der Waals surface area contributed by atoms with Gasteiger partial charge in [0.05, 0.1) is 0 Å². The van der Waals surface area contributed by atoms with Gasteiger partial charge in [0.25, 0.3) is 0 Å². The van der Waals surface area contributed by atoms with E-state index in [1.54, 1.807) is 24.3 Å². The van der Waals surface area contributed by atoms with Crippen LogP contribution in [0.4, 0.5) is 8.78 Å². The molecule has 0 fully saturated rings. The first kappa shape index (κ1) is 19.2. The average molecular weight is 344 g/mol. The molecule has 0 heterocycles. The third-order valence-electron chi connectivity index (χ3n) is 4.04. The molecule has 0 unspecified atom stereocenters. The van der Waals surface area contributed by atoms with Gasteiger partial charge < -0.3 is 4.74 Å². The van der Waals surface area contributed by atoms with E-state index in [9.17, 15) is 8.78 Å². The number of ether oxygens (including phenoxy) is 1. The number of allylic oxidation sites excluding steroid dienone is 1. The van der Waals surface area contributed by atoms with Gasteiger partial charge in [-0.2, -0.15) is 0 Å². The van der Waals surface area contributed by atoms with Crippen LogP contribution in [0.2, 0.25) is 0 Å². The Bertz CT molecular complexity index is 672. The molecule has 1 nitrogen and oxygen atoms in total. The molecule has 0 amide bonds. The van der Waals surface area contributed by atoms with Crippen LogP contribution in [0.3, 0.4) is 0 Å². The van der Waals surface area contributed by atoms with Crippen LogP contribution in [0.1, 0.15) is 57.1 Å². The highest BCUT2D eigenvalue weighted by Gasteiger charge is 2.08. The molecule has 0 saturated carbocycles. The molecule has 0 aliphatic carbocycles. The molecule has 0 saturated heterocycles.